The molecule has 0 saturated carbocycles. The summed E-state index contributed by atoms with van der Waals surface area (Å²) in [6, 6.07) is 9.31. The second-order valence-corrected chi connectivity index (χ2v) is 5.29. The summed E-state index contributed by atoms with van der Waals surface area (Å²) in [6.07, 6.45) is 0.537. The number of ether oxygens (including phenoxy) is 1. The second kappa shape index (κ2) is 7.45. The third kappa shape index (κ3) is 4.22. The van der Waals surface area contributed by atoms with Crippen LogP contribution < -0.4 is 5.32 Å². The summed E-state index contributed by atoms with van der Waals surface area (Å²) < 4.78 is 10.1. The molecule has 0 unspecified atom stereocenters. The molecule has 0 fully saturated rings. The number of carbonyl (C=O) groups excluding carboxylic acids is 3. The number of esters is 1. The number of rotatable bonds is 5. The van der Waals surface area contributed by atoms with Crippen molar-refractivity contribution in [2.45, 2.75) is 13.0 Å². The fourth-order valence-corrected chi connectivity index (χ4v) is 1.93. The highest BCUT2D eigenvalue weighted by atomic mass is 16.5. The monoisotopic (exact) mass is 330 g/mol. The molecule has 0 saturated heterocycles. The van der Waals surface area contributed by atoms with E-state index < -0.39 is 12.1 Å². The summed E-state index contributed by atoms with van der Waals surface area (Å²) in [6.45, 7) is 1.51. The number of hydrogen-bond acceptors (Lipinski definition) is 5. The van der Waals surface area contributed by atoms with Crippen LogP contribution in [0.15, 0.2) is 47.1 Å². The maximum atomic E-state index is 12.0. The lowest BCUT2D eigenvalue weighted by Gasteiger charge is -2.17. The lowest BCUT2D eigenvalue weighted by molar-refractivity contribution is -0.137. The number of nitrogens with zero attached hydrogens (tertiary/aromatic N) is 1. The summed E-state index contributed by atoms with van der Waals surface area (Å²) in [5.41, 5.74) is 0.787. The van der Waals surface area contributed by atoms with Crippen LogP contribution in [0.25, 0.3) is 0 Å². The van der Waals surface area contributed by atoms with Crippen molar-refractivity contribution in [3.8, 4) is 0 Å². The molecule has 2 aromatic rings. The molecule has 0 bridgehead atoms. The van der Waals surface area contributed by atoms with Crippen LogP contribution in [-0.4, -0.2) is 42.9 Å². The molecule has 2 amide bonds. The van der Waals surface area contributed by atoms with Crippen LogP contribution in [-0.2, 0) is 9.53 Å². The van der Waals surface area contributed by atoms with Crippen LogP contribution in [0, 0.1) is 0 Å². The van der Waals surface area contributed by atoms with Crippen molar-refractivity contribution >= 4 is 23.5 Å². The van der Waals surface area contributed by atoms with Gasteiger partial charge in [0.2, 0.25) is 0 Å². The van der Waals surface area contributed by atoms with Gasteiger partial charge >= 0.3 is 5.97 Å². The number of hydrogen-bond donors (Lipinski definition) is 1. The average molecular weight is 330 g/mol. The number of anilines is 1. The molecule has 7 heteroatoms. The van der Waals surface area contributed by atoms with Gasteiger partial charge in [0.15, 0.2) is 11.9 Å². The van der Waals surface area contributed by atoms with E-state index in [1.165, 1.54) is 30.2 Å². The number of amides is 2. The fraction of sp³-hybridized carbons (Fsp3) is 0.235. The zero-order valence-corrected chi connectivity index (χ0v) is 13.6. The molecule has 0 aliphatic carbocycles. The van der Waals surface area contributed by atoms with E-state index in [1.54, 1.807) is 38.4 Å². The van der Waals surface area contributed by atoms with Gasteiger partial charge in [0.1, 0.15) is 0 Å². The molecular formula is C17H18N2O5. The van der Waals surface area contributed by atoms with E-state index in [9.17, 15) is 14.4 Å². The van der Waals surface area contributed by atoms with Gasteiger partial charge in [-0.15, -0.1) is 0 Å². The first-order valence-corrected chi connectivity index (χ1v) is 7.25. The Kier molecular flexibility index (Phi) is 5.36. The Morgan fingerprint density at radius 1 is 1.12 bits per heavy atom. The fourth-order valence-electron chi connectivity index (χ4n) is 1.93. The van der Waals surface area contributed by atoms with E-state index in [4.69, 9.17) is 9.15 Å². The number of furan rings is 1. The van der Waals surface area contributed by atoms with E-state index in [-0.39, 0.29) is 23.1 Å². The second-order valence-electron chi connectivity index (χ2n) is 5.29. The maximum absolute atomic E-state index is 12.0. The quantitative estimate of drug-likeness (QED) is 0.849. The minimum atomic E-state index is -0.870. The molecule has 126 valence electrons. The van der Waals surface area contributed by atoms with Crippen molar-refractivity contribution in [3.63, 3.8) is 0 Å². The first-order valence-electron chi connectivity index (χ1n) is 7.25. The first kappa shape index (κ1) is 17.3. The van der Waals surface area contributed by atoms with Crippen LogP contribution in [0.1, 0.15) is 27.8 Å². The highest BCUT2D eigenvalue weighted by Gasteiger charge is 2.20. The highest BCUT2D eigenvalue weighted by Crippen LogP contribution is 2.13. The van der Waals surface area contributed by atoms with Crippen LogP contribution >= 0.6 is 0 Å². The molecule has 1 atom stereocenters. The Hall–Kier alpha value is -3.09. The van der Waals surface area contributed by atoms with Gasteiger partial charge in [-0.1, -0.05) is 0 Å². The van der Waals surface area contributed by atoms with E-state index in [0.29, 0.717) is 5.69 Å². The topological polar surface area (TPSA) is 88.8 Å². The number of likely N-dealkylation sites (N-methyl/N-ethyl adjacent to an activating group) is 1. The van der Waals surface area contributed by atoms with Crippen LogP contribution in [0.2, 0.25) is 0 Å². The van der Waals surface area contributed by atoms with Gasteiger partial charge in [-0.25, -0.2) is 4.79 Å². The predicted molar refractivity (Wildman–Crippen MR) is 86.7 cm³/mol. The summed E-state index contributed by atoms with van der Waals surface area (Å²) in [5.74, 6) is -1.11. The first-order chi connectivity index (χ1) is 11.4. The van der Waals surface area contributed by atoms with Crippen molar-refractivity contribution in [2.24, 2.45) is 0 Å². The molecule has 1 heterocycles. The zero-order chi connectivity index (χ0) is 17.7. The number of nitrogens with one attached hydrogen (secondary N) is 1. The Balaban J connectivity index is 1.97. The lowest BCUT2D eigenvalue weighted by atomic mass is 10.2. The molecule has 2 rings (SSSR count). The van der Waals surface area contributed by atoms with E-state index in [1.807, 2.05) is 0 Å². The molecule has 24 heavy (non-hydrogen) atoms. The average Bonchev–Trinajstić information content (AvgIpc) is 3.09. The van der Waals surface area contributed by atoms with Gasteiger partial charge in [0.25, 0.3) is 11.8 Å². The molecule has 0 aliphatic rings. The molecule has 0 aliphatic heterocycles. The van der Waals surface area contributed by atoms with Crippen LogP contribution in [0.4, 0.5) is 5.69 Å². The molecule has 0 spiro atoms. The van der Waals surface area contributed by atoms with Gasteiger partial charge in [0, 0.05) is 19.8 Å². The largest absolute Gasteiger partial charge is 0.459 e. The number of carbonyl (C=O) groups is 3. The number of benzene rings is 1. The Labute approximate surface area is 139 Å². The van der Waals surface area contributed by atoms with Crippen molar-refractivity contribution in [1.82, 2.24) is 4.90 Å². The molecule has 1 aromatic carbocycles. The van der Waals surface area contributed by atoms with Gasteiger partial charge in [0.05, 0.1) is 11.8 Å². The van der Waals surface area contributed by atoms with Crippen molar-refractivity contribution in [3.05, 3.63) is 54.0 Å². The standard InChI is InChI=1S/C17H18N2O5/c1-11(16(21)19(2)3)24-17(22)12-6-8-13(9-7-12)18-15(20)14-5-4-10-23-14/h4-11H,1-3H3,(H,18,20)/t11-/m1/s1. The highest BCUT2D eigenvalue weighted by molar-refractivity contribution is 6.02. The lowest BCUT2D eigenvalue weighted by Crippen LogP contribution is -2.34. The minimum Gasteiger partial charge on any atom is -0.459 e. The van der Waals surface area contributed by atoms with E-state index >= 15 is 0 Å². The predicted octanol–water partition coefficient (Wildman–Crippen LogP) is 2.17. The molecule has 1 N–H and O–H groups in total. The summed E-state index contributed by atoms with van der Waals surface area (Å²) in [5, 5.41) is 2.64. The van der Waals surface area contributed by atoms with Crippen LogP contribution in [0.5, 0.6) is 0 Å². The van der Waals surface area contributed by atoms with Crippen LogP contribution in [0.3, 0.4) is 0 Å². The summed E-state index contributed by atoms with van der Waals surface area (Å²) in [4.78, 5) is 36.9. The normalized spacial score (nSPS) is 11.5. The van der Waals surface area contributed by atoms with Gasteiger partial charge < -0.3 is 19.4 Å². The van der Waals surface area contributed by atoms with Gasteiger partial charge in [-0.3, -0.25) is 9.59 Å². The Morgan fingerprint density at radius 3 is 2.33 bits per heavy atom. The summed E-state index contributed by atoms with van der Waals surface area (Å²) >= 11 is 0. The van der Waals surface area contributed by atoms with Crippen molar-refractivity contribution in [1.29, 1.82) is 0 Å². The van der Waals surface area contributed by atoms with E-state index in [0.717, 1.165) is 0 Å². The molecule has 0 radical (unpaired) electrons. The van der Waals surface area contributed by atoms with Gasteiger partial charge in [-0.05, 0) is 43.3 Å². The molecule has 1 aromatic heterocycles. The third-order valence-corrected chi connectivity index (χ3v) is 3.20. The minimum absolute atomic E-state index is 0.189. The Morgan fingerprint density at radius 2 is 1.79 bits per heavy atom. The maximum Gasteiger partial charge on any atom is 0.338 e. The van der Waals surface area contributed by atoms with Gasteiger partial charge in [-0.2, -0.15) is 0 Å². The molecular weight excluding hydrogens is 312 g/mol. The molecule has 7 nitrogen and oxygen atoms in total. The smallest absolute Gasteiger partial charge is 0.338 e. The summed E-state index contributed by atoms with van der Waals surface area (Å²) in [7, 11) is 3.17. The van der Waals surface area contributed by atoms with E-state index in [2.05, 4.69) is 5.32 Å². The third-order valence-electron chi connectivity index (χ3n) is 3.20. The van der Waals surface area contributed by atoms with Crippen molar-refractivity contribution < 1.29 is 23.5 Å². The SMILES string of the molecule is C[C@@H](OC(=O)c1ccc(NC(=O)c2ccco2)cc1)C(=O)N(C)C. The Bertz CT molecular complexity index is 720. The van der Waals surface area contributed by atoms with Crippen molar-refractivity contribution in [2.75, 3.05) is 19.4 Å². The zero-order valence-electron chi connectivity index (χ0n) is 13.6.